The number of aryl methyl sites for hydroxylation is 2. The average Bonchev–Trinajstić information content (AvgIpc) is 2.58. The fraction of sp³-hybridized carbons (Fsp3) is 0.222. The second kappa shape index (κ2) is 4.13. The maximum atomic E-state index is 11.9. The van der Waals surface area contributed by atoms with E-state index in [0.29, 0.717) is 5.82 Å². The zero-order chi connectivity index (χ0) is 12.5. The van der Waals surface area contributed by atoms with Gasteiger partial charge in [0.05, 0.1) is 11.9 Å². The minimum Gasteiger partial charge on any atom is -0.219 e. The van der Waals surface area contributed by atoms with Gasteiger partial charge in [-0.1, -0.05) is 18.2 Å². The number of hydrogen-bond acceptors (Lipinski definition) is 4. The van der Waals surface area contributed by atoms with Crippen molar-refractivity contribution in [2.75, 3.05) is 0 Å². The van der Waals surface area contributed by atoms with Crippen LogP contribution in [0.5, 0.6) is 0 Å². The third kappa shape index (κ3) is 2.41. The summed E-state index contributed by atoms with van der Waals surface area (Å²) in [4.78, 5) is 5.94. The summed E-state index contributed by atoms with van der Waals surface area (Å²) in [5, 5.41) is 7.70. The lowest BCUT2D eigenvalue weighted by Gasteiger charge is -2.09. The molecule has 0 radical (unpaired) electrons. The largest absolute Gasteiger partial charge is 0.282 e. The predicted molar refractivity (Wildman–Crippen MR) is 58.3 cm³/mol. The Hall–Kier alpha value is -1.96. The molecular formula is C9H11N5O2S. The average molecular weight is 253 g/mol. The zero-order valence-electron chi connectivity index (χ0n) is 9.35. The summed E-state index contributed by atoms with van der Waals surface area (Å²) in [5.41, 5.74) is 0. The third-order valence-corrected chi connectivity index (χ3v) is 3.26. The van der Waals surface area contributed by atoms with E-state index in [-0.39, 0.29) is 4.90 Å². The van der Waals surface area contributed by atoms with Gasteiger partial charge in [0.1, 0.15) is 0 Å². The highest BCUT2D eigenvalue weighted by Crippen LogP contribution is 2.13. The van der Waals surface area contributed by atoms with Gasteiger partial charge in [0.2, 0.25) is 10.0 Å². The van der Waals surface area contributed by atoms with Gasteiger partial charge in [-0.2, -0.15) is 4.79 Å². The topological polar surface area (TPSA) is 82.8 Å². The van der Waals surface area contributed by atoms with Crippen LogP contribution in [-0.4, -0.2) is 23.5 Å². The van der Waals surface area contributed by atoms with Gasteiger partial charge in [-0.25, -0.2) is 13.2 Å². The molecule has 0 aliphatic rings. The SMILES string of the molecule is Cc1nn(C)n[n+]1[N-]S(=O)(=O)c1ccccc1. The normalized spacial score (nSPS) is 11.4. The quantitative estimate of drug-likeness (QED) is 0.717. The molecule has 0 unspecified atom stereocenters. The summed E-state index contributed by atoms with van der Waals surface area (Å²) in [6.07, 6.45) is 0. The molecule has 1 heterocycles. The fourth-order valence-corrected chi connectivity index (χ4v) is 2.22. The highest BCUT2D eigenvalue weighted by molar-refractivity contribution is 7.93. The Morgan fingerprint density at radius 1 is 1.29 bits per heavy atom. The molecule has 0 aliphatic heterocycles. The van der Waals surface area contributed by atoms with E-state index in [2.05, 4.69) is 15.1 Å². The summed E-state index contributed by atoms with van der Waals surface area (Å²) in [7, 11) is -2.16. The predicted octanol–water partition coefficient (Wildman–Crippen LogP) is -0.0633. The zero-order valence-corrected chi connectivity index (χ0v) is 10.2. The van der Waals surface area contributed by atoms with Gasteiger partial charge in [-0.3, -0.25) is 0 Å². The van der Waals surface area contributed by atoms with E-state index in [1.165, 1.54) is 16.9 Å². The van der Waals surface area contributed by atoms with Crippen LogP contribution in [0.3, 0.4) is 0 Å². The van der Waals surface area contributed by atoms with E-state index in [1.54, 1.807) is 32.2 Å². The highest BCUT2D eigenvalue weighted by Gasteiger charge is 2.14. The number of nitrogens with zero attached hydrogens (tertiary/aromatic N) is 5. The van der Waals surface area contributed by atoms with E-state index in [1.807, 2.05) is 0 Å². The van der Waals surface area contributed by atoms with Crippen molar-refractivity contribution in [3.8, 4) is 0 Å². The molecule has 0 spiro atoms. The van der Waals surface area contributed by atoms with E-state index in [0.717, 1.165) is 4.79 Å². The third-order valence-electron chi connectivity index (χ3n) is 2.02. The van der Waals surface area contributed by atoms with Gasteiger partial charge in [0.15, 0.2) is 0 Å². The molecule has 0 N–H and O–H groups in total. The van der Waals surface area contributed by atoms with Crippen LogP contribution in [0.15, 0.2) is 35.2 Å². The van der Waals surface area contributed by atoms with E-state index >= 15 is 0 Å². The lowest BCUT2D eigenvalue weighted by molar-refractivity contribution is -0.685. The van der Waals surface area contributed by atoms with Crippen LogP contribution in [0, 0.1) is 6.92 Å². The number of sulfonamides is 1. The number of aromatic nitrogens is 4. The van der Waals surface area contributed by atoms with E-state index in [4.69, 9.17) is 0 Å². The lowest BCUT2D eigenvalue weighted by atomic mass is 10.4. The second-order valence-electron chi connectivity index (χ2n) is 3.39. The smallest absolute Gasteiger partial charge is 0.219 e. The molecule has 0 saturated carbocycles. The van der Waals surface area contributed by atoms with E-state index in [9.17, 15) is 8.42 Å². The van der Waals surface area contributed by atoms with Crippen LogP contribution < -0.4 is 4.79 Å². The number of hydrogen-bond donors (Lipinski definition) is 0. The van der Waals surface area contributed by atoms with Gasteiger partial charge in [-0.05, 0) is 12.1 Å². The van der Waals surface area contributed by atoms with Gasteiger partial charge in [0, 0.05) is 12.0 Å². The Kier molecular flexibility index (Phi) is 2.80. The van der Waals surface area contributed by atoms with Gasteiger partial charge in [-0.15, -0.1) is 10.0 Å². The van der Waals surface area contributed by atoms with Crippen molar-refractivity contribution in [3.63, 3.8) is 0 Å². The summed E-state index contributed by atoms with van der Waals surface area (Å²) >= 11 is 0. The lowest BCUT2D eigenvalue weighted by Crippen LogP contribution is -2.37. The molecule has 0 fully saturated rings. The van der Waals surface area contributed by atoms with Crippen molar-refractivity contribution < 1.29 is 13.2 Å². The minimum absolute atomic E-state index is 0.123. The van der Waals surface area contributed by atoms with Crippen LogP contribution in [-0.2, 0) is 17.1 Å². The van der Waals surface area contributed by atoms with Crippen molar-refractivity contribution in [1.82, 2.24) is 15.1 Å². The first-order chi connectivity index (χ1) is 7.99. The molecule has 0 atom stereocenters. The number of rotatable bonds is 3. The van der Waals surface area contributed by atoms with Crippen molar-refractivity contribution in [1.29, 1.82) is 0 Å². The fourth-order valence-electron chi connectivity index (χ4n) is 1.27. The Bertz CT molecular complexity index is 620. The summed E-state index contributed by atoms with van der Waals surface area (Å²) in [6.45, 7) is 1.62. The van der Waals surface area contributed by atoms with Crippen LogP contribution in [0.2, 0.25) is 0 Å². The van der Waals surface area contributed by atoms with Crippen LogP contribution in [0.25, 0.3) is 4.83 Å². The summed E-state index contributed by atoms with van der Waals surface area (Å²) in [5.74, 6) is 0.395. The number of benzene rings is 1. The molecule has 0 aliphatic carbocycles. The van der Waals surface area contributed by atoms with Crippen molar-refractivity contribution in [2.24, 2.45) is 7.05 Å². The molecule has 0 amide bonds. The maximum absolute atomic E-state index is 11.9. The molecule has 90 valence electrons. The second-order valence-corrected chi connectivity index (χ2v) is 4.97. The standard InChI is InChI=1S/C9H11N5O2S/c1-8-10-13(2)11-14(8)12-17(15,16)9-6-4-3-5-7-9/h3-7H,1-2H3. The molecule has 2 aromatic rings. The first kappa shape index (κ1) is 11.5. The molecule has 2 rings (SSSR count). The van der Waals surface area contributed by atoms with Gasteiger partial charge >= 0.3 is 0 Å². The van der Waals surface area contributed by atoms with Crippen LogP contribution in [0.1, 0.15) is 5.82 Å². The molecule has 7 nitrogen and oxygen atoms in total. The maximum Gasteiger partial charge on any atom is 0.282 e. The summed E-state index contributed by atoms with van der Waals surface area (Å²) in [6, 6.07) is 7.96. The molecule has 17 heavy (non-hydrogen) atoms. The Labute approximate surface area is 98.7 Å². The molecular weight excluding hydrogens is 242 g/mol. The van der Waals surface area contributed by atoms with Crippen molar-refractivity contribution in [2.45, 2.75) is 11.8 Å². The van der Waals surface area contributed by atoms with Crippen molar-refractivity contribution in [3.05, 3.63) is 41.0 Å². The first-order valence-electron chi connectivity index (χ1n) is 4.83. The van der Waals surface area contributed by atoms with Crippen LogP contribution >= 0.6 is 0 Å². The Morgan fingerprint density at radius 3 is 2.47 bits per heavy atom. The van der Waals surface area contributed by atoms with Crippen LogP contribution in [0.4, 0.5) is 0 Å². The molecule has 1 aromatic heterocycles. The minimum atomic E-state index is -3.75. The van der Waals surface area contributed by atoms with E-state index < -0.39 is 10.0 Å². The highest BCUT2D eigenvalue weighted by atomic mass is 32.2. The first-order valence-corrected chi connectivity index (χ1v) is 6.27. The van der Waals surface area contributed by atoms with Gasteiger partial charge in [0.25, 0.3) is 5.82 Å². The molecule has 0 bridgehead atoms. The molecule has 1 aromatic carbocycles. The molecule has 0 saturated heterocycles. The Morgan fingerprint density at radius 2 is 1.94 bits per heavy atom. The number of tetrazole rings is 1. The monoisotopic (exact) mass is 253 g/mol. The Balaban J connectivity index is 2.33. The van der Waals surface area contributed by atoms with Gasteiger partial charge < -0.3 is 0 Å². The summed E-state index contributed by atoms with van der Waals surface area (Å²) < 4.78 is 23.8. The molecule has 8 heteroatoms. The van der Waals surface area contributed by atoms with Crippen molar-refractivity contribution >= 4 is 10.0 Å².